The fourth-order valence-corrected chi connectivity index (χ4v) is 3.79. The Bertz CT molecular complexity index is 1120. The molecule has 0 aliphatic carbocycles. The van der Waals surface area contributed by atoms with E-state index in [4.69, 9.17) is 4.74 Å². The second kappa shape index (κ2) is 8.46. The average molecular weight is 452 g/mol. The predicted octanol–water partition coefficient (Wildman–Crippen LogP) is 5.16. The molecule has 9 heteroatoms. The first-order valence-corrected chi connectivity index (χ1v) is 9.82. The van der Waals surface area contributed by atoms with E-state index in [0.29, 0.717) is 22.5 Å². The summed E-state index contributed by atoms with van der Waals surface area (Å²) in [5, 5.41) is 24.0. The quantitative estimate of drug-likeness (QED) is 0.432. The summed E-state index contributed by atoms with van der Waals surface area (Å²) < 4.78 is 60.7. The van der Waals surface area contributed by atoms with E-state index in [1.165, 1.54) is 21.0 Å². The number of ether oxygens (including phenoxy) is 1. The molecule has 1 heterocycles. The minimum Gasteiger partial charge on any atom is -0.508 e. The molecule has 1 atom stereocenters. The molecule has 1 aromatic heterocycles. The fourth-order valence-electron chi connectivity index (χ4n) is 3.79. The molecule has 0 aliphatic heterocycles. The van der Waals surface area contributed by atoms with Gasteiger partial charge in [-0.3, -0.25) is 0 Å². The van der Waals surface area contributed by atoms with Crippen molar-refractivity contribution in [1.29, 1.82) is 0 Å². The summed E-state index contributed by atoms with van der Waals surface area (Å²) in [6.07, 6.45) is -5.81. The lowest BCUT2D eigenvalue weighted by Crippen LogP contribution is -2.53. The third kappa shape index (κ3) is 4.72. The molecule has 1 unspecified atom stereocenters. The maximum atomic E-state index is 14.0. The maximum absolute atomic E-state index is 14.0. The second-order valence-corrected chi connectivity index (χ2v) is 8.33. The summed E-state index contributed by atoms with van der Waals surface area (Å²) in [4.78, 5) is 4.25. The zero-order valence-electron chi connectivity index (χ0n) is 17.8. The number of benzene rings is 2. The van der Waals surface area contributed by atoms with E-state index in [-0.39, 0.29) is 11.3 Å². The van der Waals surface area contributed by atoms with Crippen molar-refractivity contribution >= 4 is 16.6 Å². The summed E-state index contributed by atoms with van der Waals surface area (Å²) in [6, 6.07) is 11.2. The van der Waals surface area contributed by atoms with Gasteiger partial charge in [0.1, 0.15) is 11.6 Å². The molecule has 0 bridgehead atoms. The number of nitrogens with zero attached hydrogens (tertiary/aromatic N) is 1. The van der Waals surface area contributed by atoms with Crippen molar-refractivity contribution in [2.45, 2.75) is 37.5 Å². The molecule has 0 radical (unpaired) electrons. The molecule has 32 heavy (non-hydrogen) atoms. The number of hydrogen-bond acceptors (Lipinski definition) is 5. The summed E-state index contributed by atoms with van der Waals surface area (Å²) >= 11 is 0. The van der Waals surface area contributed by atoms with Gasteiger partial charge in [-0.1, -0.05) is 19.9 Å². The first-order chi connectivity index (χ1) is 14.9. The molecular formula is C23H24F4N2O3. The van der Waals surface area contributed by atoms with Crippen molar-refractivity contribution in [3.8, 4) is 11.6 Å². The number of phenols is 1. The van der Waals surface area contributed by atoms with Crippen molar-refractivity contribution in [3.05, 3.63) is 59.9 Å². The summed E-state index contributed by atoms with van der Waals surface area (Å²) in [5.41, 5.74) is -3.73. The van der Waals surface area contributed by atoms with Gasteiger partial charge in [-0.25, -0.2) is 9.37 Å². The molecule has 0 saturated carbocycles. The Labute approximate surface area is 182 Å². The van der Waals surface area contributed by atoms with Gasteiger partial charge in [0.25, 0.3) is 0 Å². The molecule has 0 saturated heterocycles. The van der Waals surface area contributed by atoms with Crippen molar-refractivity contribution in [3.63, 3.8) is 0 Å². The third-order valence-corrected chi connectivity index (χ3v) is 5.44. The van der Waals surface area contributed by atoms with E-state index >= 15 is 0 Å². The number of fused-ring (bicyclic) bond motifs is 1. The van der Waals surface area contributed by atoms with Crippen LogP contribution >= 0.6 is 0 Å². The highest BCUT2D eigenvalue weighted by Gasteiger charge is 2.56. The van der Waals surface area contributed by atoms with Gasteiger partial charge in [0.2, 0.25) is 5.88 Å². The molecule has 0 fully saturated rings. The standard InChI is InChI=1S/C23H24F4N2O3/c1-21(2,16-11-14(24)7-9-19(16)30)12-22(31,23(25,26)27)13-28-17-5-4-6-18-15(17)8-10-20(29-18)32-3/h4-11,28,30-31H,12-13H2,1-3H3. The van der Waals surface area contributed by atoms with E-state index in [1.807, 2.05) is 0 Å². The van der Waals surface area contributed by atoms with E-state index in [0.717, 1.165) is 18.2 Å². The van der Waals surface area contributed by atoms with E-state index in [9.17, 15) is 27.8 Å². The Kier molecular flexibility index (Phi) is 6.24. The van der Waals surface area contributed by atoms with Gasteiger partial charge in [0.05, 0.1) is 19.2 Å². The minimum atomic E-state index is -4.99. The number of nitrogens with one attached hydrogen (secondary N) is 1. The van der Waals surface area contributed by atoms with Crippen molar-refractivity contribution in [1.82, 2.24) is 4.98 Å². The monoisotopic (exact) mass is 452 g/mol. The number of pyridine rings is 1. The predicted molar refractivity (Wildman–Crippen MR) is 113 cm³/mol. The van der Waals surface area contributed by atoms with Gasteiger partial charge in [-0.2, -0.15) is 13.2 Å². The van der Waals surface area contributed by atoms with Crippen molar-refractivity contribution in [2.24, 2.45) is 0 Å². The van der Waals surface area contributed by atoms with Crippen LogP contribution in [-0.4, -0.2) is 40.6 Å². The number of rotatable bonds is 7. The van der Waals surface area contributed by atoms with E-state index in [2.05, 4.69) is 10.3 Å². The van der Waals surface area contributed by atoms with Crippen LogP contribution in [0.5, 0.6) is 11.6 Å². The Morgan fingerprint density at radius 1 is 1.06 bits per heavy atom. The molecule has 2 aromatic carbocycles. The molecular weight excluding hydrogens is 428 g/mol. The number of aliphatic hydroxyl groups is 1. The lowest BCUT2D eigenvalue weighted by Gasteiger charge is -2.38. The first-order valence-electron chi connectivity index (χ1n) is 9.82. The molecule has 0 amide bonds. The van der Waals surface area contributed by atoms with Crippen LogP contribution in [0.15, 0.2) is 48.5 Å². The normalized spacial score (nSPS) is 14.2. The highest BCUT2D eigenvalue weighted by molar-refractivity contribution is 5.91. The Morgan fingerprint density at radius 3 is 2.44 bits per heavy atom. The van der Waals surface area contributed by atoms with Crippen LogP contribution in [0.2, 0.25) is 0 Å². The molecule has 3 N–H and O–H groups in total. The molecule has 0 aliphatic rings. The van der Waals surface area contributed by atoms with Gasteiger partial charge < -0.3 is 20.3 Å². The molecule has 172 valence electrons. The number of aromatic hydroxyl groups is 1. The SMILES string of the molecule is COc1ccc2c(NCC(O)(CC(C)(C)c3cc(F)ccc3O)C(F)(F)F)cccc2n1. The summed E-state index contributed by atoms with van der Waals surface area (Å²) in [5.74, 6) is -0.681. The number of alkyl halides is 3. The lowest BCUT2D eigenvalue weighted by molar-refractivity contribution is -0.260. The highest BCUT2D eigenvalue weighted by Crippen LogP contribution is 2.43. The van der Waals surface area contributed by atoms with Crippen molar-refractivity contribution in [2.75, 3.05) is 19.0 Å². The summed E-state index contributed by atoms with van der Waals surface area (Å²) in [6.45, 7) is 1.96. The van der Waals surface area contributed by atoms with E-state index < -0.39 is 36.0 Å². The molecule has 3 aromatic rings. The second-order valence-electron chi connectivity index (χ2n) is 8.33. The van der Waals surface area contributed by atoms with Gasteiger partial charge in [0.15, 0.2) is 5.60 Å². The fraction of sp³-hybridized carbons (Fsp3) is 0.348. The van der Waals surface area contributed by atoms with Crippen LogP contribution in [-0.2, 0) is 5.41 Å². The molecule has 5 nitrogen and oxygen atoms in total. The lowest BCUT2D eigenvalue weighted by atomic mass is 9.74. The maximum Gasteiger partial charge on any atom is 0.418 e. The number of halogens is 4. The van der Waals surface area contributed by atoms with Crippen LogP contribution in [0.4, 0.5) is 23.2 Å². The van der Waals surface area contributed by atoms with Crippen LogP contribution in [0.25, 0.3) is 10.9 Å². The number of aromatic nitrogens is 1. The number of hydrogen-bond donors (Lipinski definition) is 3. The van der Waals surface area contributed by atoms with Crippen LogP contribution in [0.1, 0.15) is 25.8 Å². The number of phenolic OH excluding ortho intramolecular Hbond substituents is 1. The van der Waals surface area contributed by atoms with Crippen LogP contribution in [0, 0.1) is 5.82 Å². The zero-order valence-corrected chi connectivity index (χ0v) is 17.8. The number of methoxy groups -OCH3 is 1. The van der Waals surface area contributed by atoms with Gasteiger partial charge in [-0.05, 0) is 48.2 Å². The summed E-state index contributed by atoms with van der Waals surface area (Å²) in [7, 11) is 1.46. The Balaban J connectivity index is 1.92. The van der Waals surface area contributed by atoms with E-state index in [1.54, 1.807) is 30.3 Å². The molecule has 3 rings (SSSR count). The first kappa shape index (κ1) is 23.6. The molecule has 0 spiro atoms. The Hall–Kier alpha value is -3.07. The largest absolute Gasteiger partial charge is 0.508 e. The smallest absolute Gasteiger partial charge is 0.418 e. The van der Waals surface area contributed by atoms with Gasteiger partial charge >= 0.3 is 6.18 Å². The number of anilines is 1. The van der Waals surface area contributed by atoms with Gasteiger partial charge in [0, 0.05) is 22.7 Å². The zero-order chi connectivity index (χ0) is 23.7. The van der Waals surface area contributed by atoms with Crippen LogP contribution < -0.4 is 10.1 Å². The average Bonchev–Trinajstić information content (AvgIpc) is 2.72. The third-order valence-electron chi connectivity index (χ3n) is 5.44. The highest BCUT2D eigenvalue weighted by atomic mass is 19.4. The topological polar surface area (TPSA) is 74.6 Å². The Morgan fingerprint density at radius 2 is 1.78 bits per heavy atom. The minimum absolute atomic E-state index is 0.0263. The van der Waals surface area contributed by atoms with Crippen molar-refractivity contribution < 1.29 is 32.5 Å². The van der Waals surface area contributed by atoms with Gasteiger partial charge in [-0.15, -0.1) is 0 Å². The van der Waals surface area contributed by atoms with Crippen LogP contribution in [0.3, 0.4) is 0 Å².